The van der Waals surface area contributed by atoms with Crippen molar-refractivity contribution >= 4 is 17.5 Å². The third kappa shape index (κ3) is 1.84. The number of hydrogen-bond donors (Lipinski definition) is 0. The molecule has 1 aromatic carbocycles. The van der Waals surface area contributed by atoms with Gasteiger partial charge in [-0.15, -0.1) is 0 Å². The van der Waals surface area contributed by atoms with Gasteiger partial charge in [-0.3, -0.25) is 9.59 Å². The maximum absolute atomic E-state index is 12.4. The molecule has 0 radical (unpaired) electrons. The monoisotopic (exact) mass is 257 g/mol. The molecule has 3 rings (SSSR count). The summed E-state index contributed by atoms with van der Waals surface area (Å²) in [6.07, 6.45) is 5.30. The van der Waals surface area contributed by atoms with Crippen LogP contribution in [0.25, 0.3) is 0 Å². The molecular weight excluding hydrogens is 242 g/mol. The molecule has 1 saturated heterocycles. The van der Waals surface area contributed by atoms with Gasteiger partial charge in [-0.05, 0) is 25.0 Å². The molecule has 0 spiro atoms. The van der Waals surface area contributed by atoms with Crippen molar-refractivity contribution in [3.8, 4) is 5.75 Å². The number of imide groups is 1. The zero-order valence-corrected chi connectivity index (χ0v) is 10.7. The van der Waals surface area contributed by atoms with Gasteiger partial charge in [0.25, 0.3) is 0 Å². The summed E-state index contributed by atoms with van der Waals surface area (Å²) in [5.41, 5.74) is 0.601. The Morgan fingerprint density at radius 3 is 2.32 bits per heavy atom. The van der Waals surface area contributed by atoms with Crippen LogP contribution in [0.5, 0.6) is 5.75 Å². The Hall–Kier alpha value is -2.10. The molecule has 0 bridgehead atoms. The van der Waals surface area contributed by atoms with Gasteiger partial charge in [-0.25, -0.2) is 4.90 Å². The number of methoxy groups -OCH3 is 1. The minimum absolute atomic E-state index is 0.0902. The van der Waals surface area contributed by atoms with Crippen molar-refractivity contribution in [1.29, 1.82) is 0 Å². The van der Waals surface area contributed by atoms with Gasteiger partial charge in [0.05, 0.1) is 24.6 Å². The number of hydrogen-bond acceptors (Lipinski definition) is 3. The number of carbonyl (C=O) groups excluding carboxylic acids is 2. The molecular formula is C15H15NO3. The Morgan fingerprint density at radius 1 is 1.11 bits per heavy atom. The zero-order chi connectivity index (χ0) is 13.4. The van der Waals surface area contributed by atoms with Crippen LogP contribution in [-0.2, 0) is 9.59 Å². The quantitative estimate of drug-likeness (QED) is 0.602. The molecule has 0 unspecified atom stereocenters. The number of allylic oxidation sites excluding steroid dienone is 2. The highest BCUT2D eigenvalue weighted by molar-refractivity contribution is 6.22. The molecule has 98 valence electrons. The number of fused-ring (bicyclic) bond motifs is 1. The van der Waals surface area contributed by atoms with Gasteiger partial charge in [-0.1, -0.05) is 18.2 Å². The fourth-order valence-corrected chi connectivity index (χ4v) is 2.80. The molecule has 1 fully saturated rings. The highest BCUT2D eigenvalue weighted by Gasteiger charge is 2.47. The molecule has 1 heterocycles. The van der Waals surface area contributed by atoms with Crippen molar-refractivity contribution in [3.63, 3.8) is 0 Å². The summed E-state index contributed by atoms with van der Waals surface area (Å²) in [5.74, 6) is 0.0821. The van der Waals surface area contributed by atoms with Crippen LogP contribution in [0.2, 0.25) is 0 Å². The predicted molar refractivity (Wildman–Crippen MR) is 70.8 cm³/mol. The summed E-state index contributed by atoms with van der Waals surface area (Å²) in [4.78, 5) is 26.1. The van der Waals surface area contributed by atoms with Crippen LogP contribution in [0.4, 0.5) is 5.69 Å². The summed E-state index contributed by atoms with van der Waals surface area (Å²) in [6.45, 7) is 0. The van der Waals surface area contributed by atoms with Crippen molar-refractivity contribution in [2.45, 2.75) is 12.8 Å². The van der Waals surface area contributed by atoms with Crippen LogP contribution in [0.3, 0.4) is 0 Å². The highest BCUT2D eigenvalue weighted by Crippen LogP contribution is 2.38. The summed E-state index contributed by atoms with van der Waals surface area (Å²) >= 11 is 0. The fraction of sp³-hybridized carbons (Fsp3) is 0.333. The molecule has 1 aliphatic heterocycles. The first-order valence-electron chi connectivity index (χ1n) is 6.39. The van der Waals surface area contributed by atoms with Gasteiger partial charge >= 0.3 is 0 Å². The molecule has 1 aliphatic carbocycles. The van der Waals surface area contributed by atoms with Gasteiger partial charge < -0.3 is 4.74 Å². The van der Waals surface area contributed by atoms with Crippen molar-refractivity contribution in [1.82, 2.24) is 0 Å². The van der Waals surface area contributed by atoms with Gasteiger partial charge in [-0.2, -0.15) is 0 Å². The van der Waals surface area contributed by atoms with Crippen LogP contribution in [0.15, 0.2) is 36.4 Å². The lowest BCUT2D eigenvalue weighted by molar-refractivity contribution is -0.122. The molecule has 0 aromatic heterocycles. The fourth-order valence-electron chi connectivity index (χ4n) is 2.80. The summed E-state index contributed by atoms with van der Waals surface area (Å²) in [5, 5.41) is 0. The van der Waals surface area contributed by atoms with E-state index in [1.807, 2.05) is 12.2 Å². The third-order valence-corrected chi connectivity index (χ3v) is 3.82. The molecule has 2 atom stereocenters. The third-order valence-electron chi connectivity index (χ3n) is 3.82. The Morgan fingerprint density at radius 2 is 1.74 bits per heavy atom. The van der Waals surface area contributed by atoms with Crippen molar-refractivity contribution in [2.24, 2.45) is 11.8 Å². The van der Waals surface area contributed by atoms with Crippen molar-refractivity contribution in [3.05, 3.63) is 36.4 Å². The second-order valence-corrected chi connectivity index (χ2v) is 4.87. The largest absolute Gasteiger partial charge is 0.497 e. The maximum Gasteiger partial charge on any atom is 0.238 e. The van der Waals surface area contributed by atoms with Crippen LogP contribution in [0.1, 0.15) is 12.8 Å². The molecule has 2 amide bonds. The van der Waals surface area contributed by atoms with E-state index in [1.54, 1.807) is 31.4 Å². The van der Waals surface area contributed by atoms with E-state index < -0.39 is 0 Å². The number of benzene rings is 1. The molecule has 2 aliphatic rings. The van der Waals surface area contributed by atoms with Crippen LogP contribution >= 0.6 is 0 Å². The number of amides is 2. The van der Waals surface area contributed by atoms with E-state index in [0.717, 1.165) is 0 Å². The first kappa shape index (κ1) is 12.0. The molecule has 1 aromatic rings. The van der Waals surface area contributed by atoms with E-state index in [-0.39, 0.29) is 23.7 Å². The number of ether oxygens (including phenoxy) is 1. The summed E-state index contributed by atoms with van der Waals surface area (Å²) in [6, 6.07) is 7.07. The minimum Gasteiger partial charge on any atom is -0.497 e. The lowest BCUT2D eigenvalue weighted by atomic mass is 9.85. The zero-order valence-electron chi connectivity index (χ0n) is 10.7. The van der Waals surface area contributed by atoms with Gasteiger partial charge in [0.2, 0.25) is 11.8 Å². The predicted octanol–water partition coefficient (Wildman–Crippen LogP) is 2.15. The normalized spacial score (nSPS) is 25.6. The lowest BCUT2D eigenvalue weighted by Crippen LogP contribution is -2.30. The van der Waals surface area contributed by atoms with Gasteiger partial charge in [0, 0.05) is 6.07 Å². The molecule has 4 heteroatoms. The molecule has 0 N–H and O–H groups in total. The SMILES string of the molecule is COc1cccc(N2C(=O)[C@H]3CC=CC[C@@H]3C2=O)c1. The number of carbonyl (C=O) groups is 2. The van der Waals surface area contributed by atoms with Crippen LogP contribution < -0.4 is 9.64 Å². The number of anilines is 1. The first-order valence-corrected chi connectivity index (χ1v) is 6.39. The van der Waals surface area contributed by atoms with E-state index >= 15 is 0 Å². The first-order chi connectivity index (χ1) is 9.22. The topological polar surface area (TPSA) is 46.6 Å². The van der Waals surface area contributed by atoms with Crippen molar-refractivity contribution in [2.75, 3.05) is 12.0 Å². The Balaban J connectivity index is 1.97. The van der Waals surface area contributed by atoms with Gasteiger partial charge in [0.15, 0.2) is 0 Å². The Kier molecular flexibility index (Phi) is 2.85. The van der Waals surface area contributed by atoms with E-state index in [0.29, 0.717) is 24.3 Å². The lowest BCUT2D eigenvalue weighted by Gasteiger charge is -2.15. The minimum atomic E-state index is -0.191. The number of rotatable bonds is 2. The molecule has 0 saturated carbocycles. The molecule has 4 nitrogen and oxygen atoms in total. The average molecular weight is 257 g/mol. The average Bonchev–Trinajstić information content (AvgIpc) is 2.72. The van der Waals surface area contributed by atoms with Crippen LogP contribution in [0, 0.1) is 11.8 Å². The van der Waals surface area contributed by atoms with E-state index in [4.69, 9.17) is 4.74 Å². The van der Waals surface area contributed by atoms with Crippen LogP contribution in [-0.4, -0.2) is 18.9 Å². The second kappa shape index (κ2) is 4.53. The summed E-state index contributed by atoms with van der Waals surface area (Å²) in [7, 11) is 1.57. The summed E-state index contributed by atoms with van der Waals surface area (Å²) < 4.78 is 5.14. The van der Waals surface area contributed by atoms with Gasteiger partial charge in [0.1, 0.15) is 5.75 Å². The second-order valence-electron chi connectivity index (χ2n) is 4.87. The highest BCUT2D eigenvalue weighted by atomic mass is 16.5. The standard InChI is InChI=1S/C15H15NO3/c1-19-11-6-4-5-10(9-11)16-14(17)12-7-2-3-8-13(12)15(16)18/h2-6,9,12-13H,7-8H2,1H3/t12-,13-/m0/s1. The van der Waals surface area contributed by atoms with E-state index in [9.17, 15) is 9.59 Å². The smallest absolute Gasteiger partial charge is 0.238 e. The van der Waals surface area contributed by atoms with Crippen molar-refractivity contribution < 1.29 is 14.3 Å². The number of nitrogens with zero attached hydrogens (tertiary/aromatic N) is 1. The van der Waals surface area contributed by atoms with E-state index in [1.165, 1.54) is 4.90 Å². The Labute approximate surface area is 111 Å². The molecule has 19 heavy (non-hydrogen) atoms. The van der Waals surface area contributed by atoms with E-state index in [2.05, 4.69) is 0 Å². The Bertz CT molecular complexity index is 538. The maximum atomic E-state index is 12.4.